The number of hydrogen-bond donors (Lipinski definition) is 1. The third kappa shape index (κ3) is 18.4. The molecule has 0 saturated carbocycles. The van der Waals surface area contributed by atoms with Gasteiger partial charge in [-0.05, 0) is 44.9 Å². The fourth-order valence-electron chi connectivity index (χ4n) is 1.93. The Hall–Kier alpha value is -1.57. The summed E-state index contributed by atoms with van der Waals surface area (Å²) in [7, 11) is 0. The molecule has 0 atom stereocenters. The van der Waals surface area contributed by atoms with Gasteiger partial charge in [0.25, 0.3) is 0 Å². The van der Waals surface area contributed by atoms with E-state index in [0.717, 1.165) is 44.9 Å². The first-order valence-electron chi connectivity index (χ1n) is 8.59. The molecule has 0 aliphatic carbocycles. The Kier molecular flexibility index (Phi) is 16.2. The molecular formula is C20H32O2. The van der Waals surface area contributed by atoms with Crippen molar-refractivity contribution in [3.05, 3.63) is 48.6 Å². The Bertz CT molecular complexity index is 362. The summed E-state index contributed by atoms with van der Waals surface area (Å²) in [6.07, 6.45) is 27.3. The molecule has 2 heteroatoms. The Morgan fingerprint density at radius 3 is 1.73 bits per heavy atom. The van der Waals surface area contributed by atoms with Gasteiger partial charge in [-0.2, -0.15) is 0 Å². The van der Waals surface area contributed by atoms with E-state index in [2.05, 4.69) is 55.5 Å². The molecule has 0 aliphatic heterocycles. The van der Waals surface area contributed by atoms with Crippen molar-refractivity contribution in [2.45, 2.75) is 71.1 Å². The molecule has 0 unspecified atom stereocenters. The van der Waals surface area contributed by atoms with Crippen LogP contribution in [-0.4, -0.2) is 11.1 Å². The SMILES string of the molecule is CCC/C=C\C/C=C\C/C=C\C/C=C\CCCCCC(=O)O. The van der Waals surface area contributed by atoms with Crippen LogP contribution in [0, 0.1) is 0 Å². The van der Waals surface area contributed by atoms with Crippen LogP contribution in [0.2, 0.25) is 0 Å². The summed E-state index contributed by atoms with van der Waals surface area (Å²) in [5, 5.41) is 8.51. The summed E-state index contributed by atoms with van der Waals surface area (Å²) < 4.78 is 0. The average Bonchev–Trinajstić information content (AvgIpc) is 2.50. The Labute approximate surface area is 136 Å². The van der Waals surface area contributed by atoms with Gasteiger partial charge in [0.15, 0.2) is 0 Å². The highest BCUT2D eigenvalue weighted by molar-refractivity contribution is 5.66. The van der Waals surface area contributed by atoms with Crippen LogP contribution in [0.4, 0.5) is 0 Å². The zero-order valence-electron chi connectivity index (χ0n) is 14.0. The number of hydrogen-bond acceptors (Lipinski definition) is 1. The summed E-state index contributed by atoms with van der Waals surface area (Å²) in [4.78, 5) is 10.3. The summed E-state index contributed by atoms with van der Waals surface area (Å²) in [6, 6.07) is 0. The minimum absolute atomic E-state index is 0.300. The fourth-order valence-corrected chi connectivity index (χ4v) is 1.93. The predicted octanol–water partition coefficient (Wildman–Crippen LogP) is 6.22. The molecule has 2 nitrogen and oxygen atoms in total. The lowest BCUT2D eigenvalue weighted by Crippen LogP contribution is -1.93. The van der Waals surface area contributed by atoms with Gasteiger partial charge in [0.05, 0.1) is 0 Å². The summed E-state index contributed by atoms with van der Waals surface area (Å²) in [6.45, 7) is 2.19. The average molecular weight is 304 g/mol. The molecule has 0 amide bonds. The summed E-state index contributed by atoms with van der Waals surface area (Å²) in [5.41, 5.74) is 0. The molecule has 0 rings (SSSR count). The van der Waals surface area contributed by atoms with Crippen LogP contribution in [0.15, 0.2) is 48.6 Å². The lowest BCUT2D eigenvalue weighted by atomic mass is 10.1. The summed E-state index contributed by atoms with van der Waals surface area (Å²) in [5.74, 6) is -0.688. The van der Waals surface area contributed by atoms with Crippen molar-refractivity contribution < 1.29 is 9.90 Å². The lowest BCUT2D eigenvalue weighted by molar-refractivity contribution is -0.137. The van der Waals surface area contributed by atoms with E-state index in [1.165, 1.54) is 12.8 Å². The molecule has 0 bridgehead atoms. The molecule has 22 heavy (non-hydrogen) atoms. The number of aliphatic carboxylic acids is 1. The molecule has 0 aromatic heterocycles. The minimum Gasteiger partial charge on any atom is -0.481 e. The van der Waals surface area contributed by atoms with Gasteiger partial charge in [-0.1, -0.05) is 68.4 Å². The lowest BCUT2D eigenvalue weighted by Gasteiger charge is -1.94. The maximum Gasteiger partial charge on any atom is 0.303 e. The third-order valence-electron chi connectivity index (χ3n) is 3.20. The van der Waals surface area contributed by atoms with Crippen molar-refractivity contribution >= 4 is 5.97 Å². The van der Waals surface area contributed by atoms with E-state index >= 15 is 0 Å². The van der Waals surface area contributed by atoms with Gasteiger partial charge >= 0.3 is 5.97 Å². The van der Waals surface area contributed by atoms with Crippen molar-refractivity contribution in [3.8, 4) is 0 Å². The monoisotopic (exact) mass is 304 g/mol. The number of rotatable bonds is 14. The first-order chi connectivity index (χ1) is 10.8. The van der Waals surface area contributed by atoms with Crippen LogP contribution in [0.5, 0.6) is 0 Å². The Morgan fingerprint density at radius 2 is 1.23 bits per heavy atom. The smallest absolute Gasteiger partial charge is 0.303 e. The maximum absolute atomic E-state index is 10.3. The largest absolute Gasteiger partial charge is 0.481 e. The van der Waals surface area contributed by atoms with E-state index in [-0.39, 0.29) is 0 Å². The van der Waals surface area contributed by atoms with Crippen molar-refractivity contribution in [1.82, 2.24) is 0 Å². The number of carbonyl (C=O) groups is 1. The van der Waals surface area contributed by atoms with Crippen molar-refractivity contribution in [2.24, 2.45) is 0 Å². The standard InChI is InChI=1S/C20H32O2/c1-2-3-4-5-6-7-8-9-10-11-12-13-14-15-16-17-18-19-20(21)22/h4-5,7-8,10-11,13-14H,2-3,6,9,12,15-19H2,1H3,(H,21,22)/b5-4-,8-7-,11-10-,14-13-. The zero-order chi connectivity index (χ0) is 16.3. The molecule has 124 valence electrons. The van der Waals surface area contributed by atoms with Crippen LogP contribution >= 0.6 is 0 Å². The molecule has 0 heterocycles. The Morgan fingerprint density at radius 1 is 0.727 bits per heavy atom. The van der Waals surface area contributed by atoms with E-state index in [0.29, 0.717) is 6.42 Å². The summed E-state index contributed by atoms with van der Waals surface area (Å²) >= 11 is 0. The van der Waals surface area contributed by atoms with E-state index in [1.807, 2.05) is 0 Å². The van der Waals surface area contributed by atoms with Gasteiger partial charge in [-0.3, -0.25) is 4.79 Å². The molecule has 0 aliphatic rings. The van der Waals surface area contributed by atoms with Crippen LogP contribution in [0.1, 0.15) is 71.1 Å². The highest BCUT2D eigenvalue weighted by Gasteiger charge is 1.94. The van der Waals surface area contributed by atoms with Crippen LogP contribution in [0.3, 0.4) is 0 Å². The van der Waals surface area contributed by atoms with Crippen LogP contribution in [-0.2, 0) is 4.79 Å². The van der Waals surface area contributed by atoms with E-state index < -0.39 is 5.97 Å². The molecule has 0 radical (unpaired) electrons. The van der Waals surface area contributed by atoms with Gasteiger partial charge in [0.2, 0.25) is 0 Å². The minimum atomic E-state index is -0.688. The van der Waals surface area contributed by atoms with Crippen molar-refractivity contribution in [2.75, 3.05) is 0 Å². The molecule has 0 aromatic carbocycles. The van der Waals surface area contributed by atoms with Gasteiger partial charge in [-0.25, -0.2) is 0 Å². The molecule has 0 saturated heterocycles. The van der Waals surface area contributed by atoms with Gasteiger partial charge in [0.1, 0.15) is 0 Å². The van der Waals surface area contributed by atoms with Crippen LogP contribution in [0.25, 0.3) is 0 Å². The second kappa shape index (κ2) is 17.5. The van der Waals surface area contributed by atoms with Gasteiger partial charge < -0.3 is 5.11 Å². The number of carboxylic acid groups (broad SMARTS) is 1. The quantitative estimate of drug-likeness (QED) is 0.305. The van der Waals surface area contributed by atoms with Crippen molar-refractivity contribution in [3.63, 3.8) is 0 Å². The van der Waals surface area contributed by atoms with E-state index in [4.69, 9.17) is 5.11 Å². The third-order valence-corrected chi connectivity index (χ3v) is 3.20. The van der Waals surface area contributed by atoms with Gasteiger partial charge in [0, 0.05) is 6.42 Å². The van der Waals surface area contributed by atoms with Crippen molar-refractivity contribution in [1.29, 1.82) is 0 Å². The number of carboxylic acids is 1. The highest BCUT2D eigenvalue weighted by Crippen LogP contribution is 2.04. The zero-order valence-corrected chi connectivity index (χ0v) is 14.0. The molecule has 0 aromatic rings. The first kappa shape index (κ1) is 20.4. The molecule has 0 fully saturated rings. The van der Waals surface area contributed by atoms with Crippen LogP contribution < -0.4 is 0 Å². The predicted molar refractivity (Wildman–Crippen MR) is 96.0 cm³/mol. The first-order valence-corrected chi connectivity index (χ1v) is 8.59. The fraction of sp³-hybridized carbons (Fsp3) is 0.550. The topological polar surface area (TPSA) is 37.3 Å². The normalized spacial score (nSPS) is 12.4. The molecule has 1 N–H and O–H groups in total. The Balaban J connectivity index is 3.37. The molecule has 0 spiro atoms. The van der Waals surface area contributed by atoms with E-state index in [9.17, 15) is 4.79 Å². The van der Waals surface area contributed by atoms with E-state index in [1.54, 1.807) is 0 Å². The maximum atomic E-state index is 10.3. The second-order valence-corrected chi connectivity index (χ2v) is 5.37. The molecular weight excluding hydrogens is 272 g/mol. The highest BCUT2D eigenvalue weighted by atomic mass is 16.4. The second-order valence-electron chi connectivity index (χ2n) is 5.37. The number of unbranched alkanes of at least 4 members (excludes halogenated alkanes) is 4. The van der Waals surface area contributed by atoms with Gasteiger partial charge in [-0.15, -0.1) is 0 Å². The number of allylic oxidation sites excluding steroid dienone is 8.